The number of rotatable bonds is 2. The summed E-state index contributed by atoms with van der Waals surface area (Å²) >= 11 is 0. The number of nitrogens with zero attached hydrogens (tertiary/aromatic N) is 3. The molecule has 2 aromatic carbocycles. The molecule has 1 heterocycles. The minimum atomic E-state index is -0.376. The molecule has 0 amide bonds. The van der Waals surface area contributed by atoms with E-state index in [0.717, 1.165) is 16.5 Å². The van der Waals surface area contributed by atoms with Crippen LogP contribution >= 0.6 is 0 Å². The van der Waals surface area contributed by atoms with Crippen LogP contribution in [0.3, 0.4) is 0 Å². The van der Waals surface area contributed by atoms with E-state index in [9.17, 15) is 10.1 Å². The van der Waals surface area contributed by atoms with Gasteiger partial charge in [-0.3, -0.25) is 10.1 Å². The standard InChI is InChI=1S/C14H11N3O2/c1-10-6-7-13(14(8-10)17(18)19)16-12-5-3-2-4-11(12)9-15-16/h2-9H,1H3. The van der Waals surface area contributed by atoms with Crippen LogP contribution in [-0.2, 0) is 0 Å². The molecule has 0 atom stereocenters. The van der Waals surface area contributed by atoms with Gasteiger partial charge in [0, 0.05) is 11.5 Å². The molecule has 3 aromatic rings. The van der Waals surface area contributed by atoms with Crippen LogP contribution in [0.15, 0.2) is 48.7 Å². The normalized spacial score (nSPS) is 10.8. The molecule has 0 N–H and O–H groups in total. The molecule has 5 heteroatoms. The smallest absolute Gasteiger partial charge is 0.258 e. The molecule has 19 heavy (non-hydrogen) atoms. The Kier molecular flexibility index (Phi) is 2.52. The summed E-state index contributed by atoms with van der Waals surface area (Å²) in [5.74, 6) is 0. The average molecular weight is 253 g/mol. The zero-order valence-corrected chi connectivity index (χ0v) is 10.3. The van der Waals surface area contributed by atoms with Gasteiger partial charge >= 0.3 is 0 Å². The molecule has 0 radical (unpaired) electrons. The third-order valence-electron chi connectivity index (χ3n) is 3.03. The Balaban J connectivity index is 2.30. The van der Waals surface area contributed by atoms with Gasteiger partial charge in [0.2, 0.25) is 0 Å². The van der Waals surface area contributed by atoms with Gasteiger partial charge in [-0.25, -0.2) is 4.68 Å². The van der Waals surface area contributed by atoms with E-state index in [0.29, 0.717) is 5.69 Å². The quantitative estimate of drug-likeness (QED) is 0.520. The number of aromatic nitrogens is 2. The molecule has 1 aromatic heterocycles. The number of hydrogen-bond acceptors (Lipinski definition) is 3. The van der Waals surface area contributed by atoms with Crippen LogP contribution in [-0.4, -0.2) is 14.7 Å². The highest BCUT2D eigenvalue weighted by Crippen LogP contribution is 2.26. The summed E-state index contributed by atoms with van der Waals surface area (Å²) in [7, 11) is 0. The Morgan fingerprint density at radius 3 is 2.79 bits per heavy atom. The highest BCUT2D eigenvalue weighted by Gasteiger charge is 2.17. The first-order valence-electron chi connectivity index (χ1n) is 5.85. The van der Waals surface area contributed by atoms with Crippen LogP contribution in [0.2, 0.25) is 0 Å². The highest BCUT2D eigenvalue weighted by molar-refractivity contribution is 5.81. The summed E-state index contributed by atoms with van der Waals surface area (Å²) < 4.78 is 1.60. The van der Waals surface area contributed by atoms with Crippen molar-refractivity contribution in [1.82, 2.24) is 9.78 Å². The largest absolute Gasteiger partial charge is 0.295 e. The lowest BCUT2D eigenvalue weighted by molar-refractivity contribution is -0.384. The molecular weight excluding hydrogens is 242 g/mol. The zero-order chi connectivity index (χ0) is 13.4. The van der Waals surface area contributed by atoms with Crippen molar-refractivity contribution in [2.75, 3.05) is 0 Å². The van der Waals surface area contributed by atoms with Crippen molar-refractivity contribution < 1.29 is 4.92 Å². The molecular formula is C14H11N3O2. The first kappa shape index (κ1) is 11.4. The molecule has 94 valence electrons. The zero-order valence-electron chi connectivity index (χ0n) is 10.3. The van der Waals surface area contributed by atoms with Crippen molar-refractivity contribution in [2.45, 2.75) is 6.92 Å². The molecule has 5 nitrogen and oxygen atoms in total. The molecule has 0 spiro atoms. The maximum Gasteiger partial charge on any atom is 0.295 e. The first-order chi connectivity index (χ1) is 9.16. The van der Waals surface area contributed by atoms with Gasteiger partial charge in [0.05, 0.1) is 16.6 Å². The van der Waals surface area contributed by atoms with E-state index in [2.05, 4.69) is 5.10 Å². The summed E-state index contributed by atoms with van der Waals surface area (Å²) in [6, 6.07) is 12.8. The van der Waals surface area contributed by atoms with Crippen LogP contribution in [0.25, 0.3) is 16.6 Å². The Hall–Kier alpha value is -2.69. The Labute approximate surface area is 109 Å². The molecule has 0 aliphatic carbocycles. The van der Waals surface area contributed by atoms with Gasteiger partial charge in [-0.1, -0.05) is 24.3 Å². The Bertz CT molecular complexity index is 777. The number of nitro groups is 1. The lowest BCUT2D eigenvalue weighted by Crippen LogP contribution is -2.01. The fourth-order valence-corrected chi connectivity index (χ4v) is 2.12. The van der Waals surface area contributed by atoms with Gasteiger partial charge in [-0.15, -0.1) is 0 Å². The number of aryl methyl sites for hydroxylation is 1. The molecule has 3 rings (SSSR count). The predicted molar refractivity (Wildman–Crippen MR) is 72.5 cm³/mol. The first-order valence-corrected chi connectivity index (χ1v) is 5.85. The number of nitro benzene ring substituents is 1. The Morgan fingerprint density at radius 1 is 1.21 bits per heavy atom. The van der Waals surface area contributed by atoms with E-state index < -0.39 is 0 Å². The molecule has 0 saturated heterocycles. The van der Waals surface area contributed by atoms with E-state index in [1.54, 1.807) is 23.0 Å². The van der Waals surface area contributed by atoms with Crippen molar-refractivity contribution in [3.63, 3.8) is 0 Å². The van der Waals surface area contributed by atoms with Gasteiger partial charge < -0.3 is 0 Å². The molecule has 0 fully saturated rings. The second-order valence-corrected chi connectivity index (χ2v) is 4.36. The monoisotopic (exact) mass is 253 g/mol. The maximum atomic E-state index is 11.2. The van der Waals surface area contributed by atoms with Gasteiger partial charge in [0.1, 0.15) is 5.69 Å². The molecule has 0 bridgehead atoms. The second kappa shape index (κ2) is 4.20. The van der Waals surface area contributed by atoms with E-state index in [1.807, 2.05) is 37.3 Å². The Morgan fingerprint density at radius 2 is 2.00 bits per heavy atom. The second-order valence-electron chi connectivity index (χ2n) is 4.36. The number of para-hydroxylation sites is 1. The van der Waals surface area contributed by atoms with Crippen molar-refractivity contribution in [1.29, 1.82) is 0 Å². The molecule has 0 saturated carbocycles. The fraction of sp³-hybridized carbons (Fsp3) is 0.0714. The number of benzene rings is 2. The van der Waals surface area contributed by atoms with Crippen LogP contribution < -0.4 is 0 Å². The SMILES string of the molecule is Cc1ccc(-n2ncc3ccccc32)c([N+](=O)[O-])c1. The minimum Gasteiger partial charge on any atom is -0.258 e. The summed E-state index contributed by atoms with van der Waals surface area (Å²) in [6.07, 6.45) is 1.71. The van der Waals surface area contributed by atoms with E-state index in [4.69, 9.17) is 0 Å². The van der Waals surface area contributed by atoms with Gasteiger partial charge in [-0.05, 0) is 24.6 Å². The van der Waals surface area contributed by atoms with Crippen molar-refractivity contribution in [3.05, 3.63) is 64.3 Å². The van der Waals surface area contributed by atoms with Gasteiger partial charge in [-0.2, -0.15) is 5.10 Å². The molecule has 0 aliphatic rings. The van der Waals surface area contributed by atoms with Crippen molar-refractivity contribution >= 4 is 16.6 Å². The van der Waals surface area contributed by atoms with E-state index in [-0.39, 0.29) is 10.6 Å². The lowest BCUT2D eigenvalue weighted by atomic mass is 10.2. The topological polar surface area (TPSA) is 61.0 Å². The third kappa shape index (κ3) is 1.85. The van der Waals surface area contributed by atoms with Crippen LogP contribution in [0, 0.1) is 17.0 Å². The number of hydrogen-bond donors (Lipinski definition) is 0. The van der Waals surface area contributed by atoms with Crippen molar-refractivity contribution in [3.8, 4) is 5.69 Å². The van der Waals surface area contributed by atoms with E-state index >= 15 is 0 Å². The lowest BCUT2D eigenvalue weighted by Gasteiger charge is -2.05. The van der Waals surface area contributed by atoms with E-state index in [1.165, 1.54) is 0 Å². The maximum absolute atomic E-state index is 11.2. The fourth-order valence-electron chi connectivity index (χ4n) is 2.12. The third-order valence-corrected chi connectivity index (χ3v) is 3.03. The van der Waals surface area contributed by atoms with Gasteiger partial charge in [0.15, 0.2) is 0 Å². The van der Waals surface area contributed by atoms with Crippen LogP contribution in [0.1, 0.15) is 5.56 Å². The summed E-state index contributed by atoms with van der Waals surface area (Å²) in [4.78, 5) is 10.8. The molecule has 0 aliphatic heterocycles. The highest BCUT2D eigenvalue weighted by atomic mass is 16.6. The van der Waals surface area contributed by atoms with Crippen molar-refractivity contribution in [2.24, 2.45) is 0 Å². The van der Waals surface area contributed by atoms with Gasteiger partial charge in [0.25, 0.3) is 5.69 Å². The summed E-state index contributed by atoms with van der Waals surface area (Å²) in [5, 5.41) is 16.4. The van der Waals surface area contributed by atoms with Crippen LogP contribution in [0.5, 0.6) is 0 Å². The van der Waals surface area contributed by atoms with Crippen LogP contribution in [0.4, 0.5) is 5.69 Å². The average Bonchev–Trinajstić information content (AvgIpc) is 2.82. The minimum absolute atomic E-state index is 0.0638. The summed E-state index contributed by atoms with van der Waals surface area (Å²) in [5.41, 5.74) is 2.26. The number of fused-ring (bicyclic) bond motifs is 1. The summed E-state index contributed by atoms with van der Waals surface area (Å²) in [6.45, 7) is 1.83. The predicted octanol–water partition coefficient (Wildman–Crippen LogP) is 3.24. The molecule has 0 unspecified atom stereocenters.